The number of nitrogens with two attached hydrogens (primary N) is 1. The molecule has 2 heteroatoms. The molecular weight excluding hydrogens is 208 g/mol. The molecule has 17 heavy (non-hydrogen) atoms. The van der Waals surface area contributed by atoms with E-state index < -0.39 is 0 Å². The van der Waals surface area contributed by atoms with Crippen LogP contribution < -0.4 is 11.1 Å². The Morgan fingerprint density at radius 3 is 2.53 bits per heavy atom. The van der Waals surface area contributed by atoms with Gasteiger partial charge in [-0.25, -0.2) is 0 Å². The van der Waals surface area contributed by atoms with E-state index in [9.17, 15) is 0 Å². The van der Waals surface area contributed by atoms with Crippen molar-refractivity contribution in [3.8, 4) is 11.1 Å². The maximum atomic E-state index is 5.60. The summed E-state index contributed by atoms with van der Waals surface area (Å²) < 4.78 is 0. The minimum absolute atomic E-state index is 0.606. The summed E-state index contributed by atoms with van der Waals surface area (Å²) in [6, 6.07) is 15.1. The van der Waals surface area contributed by atoms with E-state index in [-0.39, 0.29) is 0 Å². The number of hydrogen-bond acceptors (Lipinski definition) is 2. The van der Waals surface area contributed by atoms with Crippen LogP contribution in [0.3, 0.4) is 0 Å². The number of fused-ring (bicyclic) bond motifs is 1. The molecule has 1 aliphatic rings. The summed E-state index contributed by atoms with van der Waals surface area (Å²) in [4.78, 5) is 0. The third kappa shape index (κ3) is 1.92. The fourth-order valence-corrected chi connectivity index (χ4v) is 2.32. The number of hydrogen-bond donors (Lipinski definition) is 2. The SMILES string of the molecule is NCc1ccc(-c2ccc3c(c2)CCN3)cc1. The zero-order chi connectivity index (χ0) is 11.7. The normalized spacial score (nSPS) is 13.2. The quantitative estimate of drug-likeness (QED) is 0.823. The van der Waals surface area contributed by atoms with Gasteiger partial charge in [-0.1, -0.05) is 30.3 Å². The fourth-order valence-electron chi connectivity index (χ4n) is 2.32. The summed E-state index contributed by atoms with van der Waals surface area (Å²) in [6.45, 7) is 1.67. The molecule has 3 N–H and O–H groups in total. The number of rotatable bonds is 2. The van der Waals surface area contributed by atoms with Crippen LogP contribution in [0.5, 0.6) is 0 Å². The Bertz CT molecular complexity index is 529. The van der Waals surface area contributed by atoms with Crippen LogP contribution >= 0.6 is 0 Å². The van der Waals surface area contributed by atoms with Crippen molar-refractivity contribution in [3.63, 3.8) is 0 Å². The van der Waals surface area contributed by atoms with Crippen LogP contribution in [0.25, 0.3) is 11.1 Å². The molecule has 2 nitrogen and oxygen atoms in total. The van der Waals surface area contributed by atoms with Gasteiger partial charge in [-0.3, -0.25) is 0 Å². The predicted octanol–water partition coefficient (Wildman–Crippen LogP) is 2.78. The molecule has 1 aliphatic heterocycles. The van der Waals surface area contributed by atoms with Crippen molar-refractivity contribution in [2.24, 2.45) is 5.73 Å². The highest BCUT2D eigenvalue weighted by Gasteiger charge is 2.10. The smallest absolute Gasteiger partial charge is 0.0373 e. The van der Waals surface area contributed by atoms with Gasteiger partial charge in [0, 0.05) is 18.8 Å². The summed E-state index contributed by atoms with van der Waals surface area (Å²) >= 11 is 0. The van der Waals surface area contributed by atoms with Crippen molar-refractivity contribution < 1.29 is 0 Å². The monoisotopic (exact) mass is 224 g/mol. The van der Waals surface area contributed by atoms with Gasteiger partial charge in [0.2, 0.25) is 0 Å². The first-order valence-electron chi connectivity index (χ1n) is 6.03. The second kappa shape index (κ2) is 4.22. The molecule has 0 saturated carbocycles. The Morgan fingerprint density at radius 2 is 1.76 bits per heavy atom. The number of nitrogens with one attached hydrogen (secondary N) is 1. The van der Waals surface area contributed by atoms with E-state index >= 15 is 0 Å². The van der Waals surface area contributed by atoms with E-state index in [0.717, 1.165) is 13.0 Å². The maximum Gasteiger partial charge on any atom is 0.0373 e. The lowest BCUT2D eigenvalue weighted by atomic mass is 10.0. The van der Waals surface area contributed by atoms with Crippen molar-refractivity contribution in [1.82, 2.24) is 0 Å². The zero-order valence-corrected chi connectivity index (χ0v) is 9.74. The van der Waals surface area contributed by atoms with E-state index in [4.69, 9.17) is 5.73 Å². The maximum absolute atomic E-state index is 5.60. The Morgan fingerprint density at radius 1 is 1.00 bits per heavy atom. The lowest BCUT2D eigenvalue weighted by molar-refractivity contribution is 1.07. The summed E-state index contributed by atoms with van der Waals surface area (Å²) in [7, 11) is 0. The summed E-state index contributed by atoms with van der Waals surface area (Å²) in [5.74, 6) is 0. The molecule has 1 heterocycles. The van der Waals surface area contributed by atoms with E-state index in [1.165, 1.54) is 27.9 Å². The topological polar surface area (TPSA) is 38.0 Å². The van der Waals surface area contributed by atoms with Gasteiger partial charge in [-0.15, -0.1) is 0 Å². The molecule has 0 bridgehead atoms. The molecule has 86 valence electrons. The van der Waals surface area contributed by atoms with Gasteiger partial charge in [0.25, 0.3) is 0 Å². The van der Waals surface area contributed by atoms with E-state index in [2.05, 4.69) is 47.8 Å². The molecule has 0 atom stereocenters. The van der Waals surface area contributed by atoms with Crippen LogP contribution in [0, 0.1) is 0 Å². The average Bonchev–Trinajstić information content (AvgIpc) is 2.86. The van der Waals surface area contributed by atoms with Crippen molar-refractivity contribution in [2.75, 3.05) is 11.9 Å². The second-order valence-electron chi connectivity index (χ2n) is 4.45. The van der Waals surface area contributed by atoms with Gasteiger partial charge in [0.1, 0.15) is 0 Å². The Kier molecular flexibility index (Phi) is 2.57. The Balaban J connectivity index is 1.97. The summed E-state index contributed by atoms with van der Waals surface area (Å²) in [5.41, 5.74) is 12.0. The first-order valence-corrected chi connectivity index (χ1v) is 6.03. The van der Waals surface area contributed by atoms with Crippen molar-refractivity contribution in [3.05, 3.63) is 53.6 Å². The van der Waals surface area contributed by atoms with E-state index in [1.54, 1.807) is 0 Å². The number of anilines is 1. The molecule has 0 fully saturated rings. The Hall–Kier alpha value is -1.80. The summed E-state index contributed by atoms with van der Waals surface area (Å²) in [5, 5.41) is 3.38. The molecule has 0 radical (unpaired) electrons. The van der Waals surface area contributed by atoms with Gasteiger partial charge >= 0.3 is 0 Å². The molecule has 0 aromatic heterocycles. The van der Waals surface area contributed by atoms with Crippen LogP contribution in [0.15, 0.2) is 42.5 Å². The van der Waals surface area contributed by atoms with Crippen LogP contribution in [0.2, 0.25) is 0 Å². The van der Waals surface area contributed by atoms with Crippen molar-refractivity contribution in [1.29, 1.82) is 0 Å². The lowest BCUT2D eigenvalue weighted by Crippen LogP contribution is -1.95. The third-order valence-corrected chi connectivity index (χ3v) is 3.34. The summed E-state index contributed by atoms with van der Waals surface area (Å²) in [6.07, 6.45) is 1.13. The van der Waals surface area contributed by atoms with Gasteiger partial charge < -0.3 is 11.1 Å². The molecule has 2 aromatic rings. The standard InChI is InChI=1S/C15H16N2/c16-10-11-1-3-12(4-2-11)13-5-6-15-14(9-13)7-8-17-15/h1-6,9,17H,7-8,10,16H2. The van der Waals surface area contributed by atoms with Gasteiger partial charge in [-0.05, 0) is 40.8 Å². The lowest BCUT2D eigenvalue weighted by Gasteiger charge is -2.06. The molecule has 0 amide bonds. The third-order valence-electron chi connectivity index (χ3n) is 3.34. The van der Waals surface area contributed by atoms with Crippen LogP contribution in [0.4, 0.5) is 5.69 Å². The first kappa shape index (κ1) is 10.4. The average molecular weight is 224 g/mol. The minimum Gasteiger partial charge on any atom is -0.384 e. The van der Waals surface area contributed by atoms with E-state index in [0.29, 0.717) is 6.54 Å². The van der Waals surface area contributed by atoms with Gasteiger partial charge in [0.15, 0.2) is 0 Å². The van der Waals surface area contributed by atoms with Crippen molar-refractivity contribution >= 4 is 5.69 Å². The highest BCUT2D eigenvalue weighted by atomic mass is 14.9. The van der Waals surface area contributed by atoms with E-state index in [1.807, 2.05) is 0 Å². The molecule has 0 spiro atoms. The van der Waals surface area contributed by atoms with Gasteiger partial charge in [0.05, 0.1) is 0 Å². The predicted molar refractivity (Wildman–Crippen MR) is 72.0 cm³/mol. The second-order valence-corrected chi connectivity index (χ2v) is 4.45. The zero-order valence-electron chi connectivity index (χ0n) is 9.74. The molecule has 3 rings (SSSR count). The van der Waals surface area contributed by atoms with Crippen molar-refractivity contribution in [2.45, 2.75) is 13.0 Å². The minimum atomic E-state index is 0.606. The van der Waals surface area contributed by atoms with Crippen LogP contribution in [-0.2, 0) is 13.0 Å². The molecule has 0 saturated heterocycles. The van der Waals surface area contributed by atoms with Crippen LogP contribution in [0.1, 0.15) is 11.1 Å². The fraction of sp³-hybridized carbons (Fsp3) is 0.200. The van der Waals surface area contributed by atoms with Gasteiger partial charge in [-0.2, -0.15) is 0 Å². The molecule has 2 aromatic carbocycles. The number of benzene rings is 2. The van der Waals surface area contributed by atoms with Crippen LogP contribution in [-0.4, -0.2) is 6.54 Å². The Labute approximate surface area is 101 Å². The first-order chi connectivity index (χ1) is 8.36. The molecule has 0 aliphatic carbocycles. The highest BCUT2D eigenvalue weighted by molar-refractivity contribution is 5.70. The largest absolute Gasteiger partial charge is 0.384 e. The highest BCUT2D eigenvalue weighted by Crippen LogP contribution is 2.28. The molecular formula is C15H16N2. The molecule has 0 unspecified atom stereocenters.